The Balaban J connectivity index is 1.47. The van der Waals surface area contributed by atoms with E-state index in [1.807, 2.05) is 0 Å². The van der Waals surface area contributed by atoms with Gasteiger partial charge in [0.2, 0.25) is 5.91 Å². The molecule has 116 valence electrons. The molecular formula is C14H23N5O2. The van der Waals surface area contributed by atoms with E-state index in [1.54, 1.807) is 7.05 Å². The summed E-state index contributed by atoms with van der Waals surface area (Å²) in [6.07, 6.45) is 5.28. The van der Waals surface area contributed by atoms with E-state index in [-0.39, 0.29) is 18.5 Å². The molecule has 2 N–H and O–H groups in total. The number of carbonyl (C=O) groups excluding carboxylic acids is 2. The quantitative estimate of drug-likeness (QED) is 0.436. The van der Waals surface area contributed by atoms with Crippen LogP contribution in [0.3, 0.4) is 0 Å². The van der Waals surface area contributed by atoms with E-state index in [9.17, 15) is 9.59 Å². The number of guanidine groups is 1. The molecule has 2 heterocycles. The van der Waals surface area contributed by atoms with Crippen molar-refractivity contribution >= 4 is 17.9 Å². The number of nitrogens with one attached hydrogen (secondary N) is 2. The van der Waals surface area contributed by atoms with Gasteiger partial charge in [-0.25, -0.2) is 4.79 Å². The van der Waals surface area contributed by atoms with Crippen LogP contribution in [-0.4, -0.2) is 67.5 Å². The van der Waals surface area contributed by atoms with Gasteiger partial charge in [0.25, 0.3) is 0 Å². The fourth-order valence-corrected chi connectivity index (χ4v) is 3.49. The topological polar surface area (TPSA) is 77.0 Å². The second-order valence-electron chi connectivity index (χ2n) is 6.20. The predicted octanol–water partition coefficient (Wildman–Crippen LogP) is -0.0104. The summed E-state index contributed by atoms with van der Waals surface area (Å²) in [6, 6.07) is -0.300. The summed E-state index contributed by atoms with van der Waals surface area (Å²) >= 11 is 0. The molecule has 0 aromatic heterocycles. The molecule has 3 fully saturated rings. The van der Waals surface area contributed by atoms with Crippen LogP contribution in [0.1, 0.15) is 25.7 Å². The zero-order chi connectivity index (χ0) is 14.9. The van der Waals surface area contributed by atoms with E-state index in [0.717, 1.165) is 19.0 Å². The van der Waals surface area contributed by atoms with Gasteiger partial charge in [-0.3, -0.25) is 14.7 Å². The molecule has 3 aliphatic rings. The normalized spacial score (nSPS) is 24.5. The summed E-state index contributed by atoms with van der Waals surface area (Å²) in [7, 11) is 1.78. The predicted molar refractivity (Wildman–Crippen MR) is 78.9 cm³/mol. The van der Waals surface area contributed by atoms with Crippen LogP contribution in [0.2, 0.25) is 0 Å². The van der Waals surface area contributed by atoms with Gasteiger partial charge in [-0.1, -0.05) is 6.42 Å². The molecule has 21 heavy (non-hydrogen) atoms. The van der Waals surface area contributed by atoms with Gasteiger partial charge in [-0.05, 0) is 24.7 Å². The van der Waals surface area contributed by atoms with Crippen LogP contribution < -0.4 is 10.6 Å². The lowest BCUT2D eigenvalue weighted by molar-refractivity contribution is -0.124. The summed E-state index contributed by atoms with van der Waals surface area (Å²) in [5.74, 6) is 0.720. The van der Waals surface area contributed by atoms with Crippen LogP contribution in [0.25, 0.3) is 0 Å². The van der Waals surface area contributed by atoms with Gasteiger partial charge in [-0.2, -0.15) is 0 Å². The van der Waals surface area contributed by atoms with Gasteiger partial charge in [0.15, 0.2) is 5.96 Å². The van der Waals surface area contributed by atoms with Gasteiger partial charge >= 0.3 is 6.03 Å². The molecule has 1 aliphatic carbocycles. The van der Waals surface area contributed by atoms with E-state index in [1.165, 1.54) is 30.6 Å². The maximum Gasteiger partial charge on any atom is 0.324 e. The standard InChI is InChI=1S/C14H23N5O2/c1-15-12(18-7-5-14(10-18)3-2-4-14)16-6-8-19-11(20)9-17-13(19)21/h2-10H2,1H3,(H,15,16)(H,17,21). The smallest absolute Gasteiger partial charge is 0.324 e. The highest BCUT2D eigenvalue weighted by Gasteiger charge is 2.43. The van der Waals surface area contributed by atoms with Crippen molar-refractivity contribution in [3.8, 4) is 0 Å². The Labute approximate surface area is 124 Å². The first-order valence-electron chi connectivity index (χ1n) is 7.67. The Morgan fingerprint density at radius 2 is 2.19 bits per heavy atom. The highest BCUT2D eigenvalue weighted by molar-refractivity contribution is 6.01. The fourth-order valence-electron chi connectivity index (χ4n) is 3.49. The molecule has 0 aromatic carbocycles. The lowest BCUT2D eigenvalue weighted by Gasteiger charge is -2.38. The van der Waals surface area contributed by atoms with Crippen molar-refractivity contribution in [3.05, 3.63) is 0 Å². The first-order chi connectivity index (χ1) is 10.1. The largest absolute Gasteiger partial charge is 0.354 e. The molecule has 1 saturated carbocycles. The van der Waals surface area contributed by atoms with Crippen molar-refractivity contribution in [2.24, 2.45) is 10.4 Å². The fraction of sp³-hybridized carbons (Fsp3) is 0.786. The highest BCUT2D eigenvalue weighted by atomic mass is 16.2. The first-order valence-corrected chi connectivity index (χ1v) is 7.67. The van der Waals surface area contributed by atoms with Crippen LogP contribution in [0.15, 0.2) is 4.99 Å². The number of nitrogens with zero attached hydrogens (tertiary/aromatic N) is 3. The number of aliphatic imine (C=N–C) groups is 1. The first kappa shape index (κ1) is 14.2. The third-order valence-electron chi connectivity index (χ3n) is 4.92. The molecule has 0 bridgehead atoms. The molecule has 0 atom stereocenters. The molecule has 2 saturated heterocycles. The van der Waals surface area contributed by atoms with Crippen molar-refractivity contribution in [2.45, 2.75) is 25.7 Å². The third-order valence-corrected chi connectivity index (χ3v) is 4.92. The average molecular weight is 293 g/mol. The number of urea groups is 1. The van der Waals surface area contributed by atoms with E-state index in [2.05, 4.69) is 20.5 Å². The van der Waals surface area contributed by atoms with Crippen molar-refractivity contribution < 1.29 is 9.59 Å². The molecule has 1 spiro atoms. The highest BCUT2D eigenvalue weighted by Crippen LogP contribution is 2.47. The SMILES string of the molecule is CN=C(NCCN1C(=O)CNC1=O)N1CCC2(CCC2)C1. The molecule has 2 aliphatic heterocycles. The van der Waals surface area contributed by atoms with Gasteiger partial charge in [0, 0.05) is 33.2 Å². The molecule has 0 radical (unpaired) electrons. The average Bonchev–Trinajstić information content (AvgIpc) is 3.01. The van der Waals surface area contributed by atoms with Crippen LogP contribution in [0, 0.1) is 5.41 Å². The van der Waals surface area contributed by atoms with E-state index in [4.69, 9.17) is 0 Å². The Hall–Kier alpha value is -1.79. The molecule has 3 rings (SSSR count). The number of hydrogen-bond acceptors (Lipinski definition) is 3. The minimum atomic E-state index is -0.300. The summed E-state index contributed by atoms with van der Waals surface area (Å²) in [5.41, 5.74) is 0.530. The van der Waals surface area contributed by atoms with Gasteiger partial charge in [-0.15, -0.1) is 0 Å². The number of likely N-dealkylation sites (tertiary alicyclic amines) is 1. The zero-order valence-corrected chi connectivity index (χ0v) is 12.5. The minimum Gasteiger partial charge on any atom is -0.354 e. The second-order valence-corrected chi connectivity index (χ2v) is 6.20. The van der Waals surface area contributed by atoms with Crippen LogP contribution in [-0.2, 0) is 4.79 Å². The van der Waals surface area contributed by atoms with E-state index in [0.29, 0.717) is 18.5 Å². The molecule has 0 aromatic rings. The Kier molecular flexibility index (Phi) is 3.73. The summed E-state index contributed by atoms with van der Waals surface area (Å²) in [5, 5.41) is 5.79. The van der Waals surface area contributed by atoms with Crippen molar-refractivity contribution in [1.82, 2.24) is 20.4 Å². The number of amides is 3. The number of hydrogen-bond donors (Lipinski definition) is 2. The molecular weight excluding hydrogens is 270 g/mol. The lowest BCUT2D eigenvalue weighted by atomic mass is 9.68. The van der Waals surface area contributed by atoms with Gasteiger partial charge in [0.1, 0.15) is 0 Å². The number of rotatable bonds is 3. The van der Waals surface area contributed by atoms with E-state index >= 15 is 0 Å². The van der Waals surface area contributed by atoms with E-state index < -0.39 is 0 Å². The number of carbonyl (C=O) groups is 2. The zero-order valence-electron chi connectivity index (χ0n) is 12.5. The summed E-state index contributed by atoms with van der Waals surface area (Å²) in [4.78, 5) is 30.8. The van der Waals surface area contributed by atoms with Crippen LogP contribution >= 0.6 is 0 Å². The van der Waals surface area contributed by atoms with Crippen molar-refractivity contribution in [3.63, 3.8) is 0 Å². The van der Waals surface area contributed by atoms with Crippen LogP contribution in [0.4, 0.5) is 4.79 Å². The second kappa shape index (κ2) is 5.54. The Morgan fingerprint density at radius 1 is 1.38 bits per heavy atom. The molecule has 7 nitrogen and oxygen atoms in total. The molecule has 7 heteroatoms. The maximum absolute atomic E-state index is 11.5. The van der Waals surface area contributed by atoms with Gasteiger partial charge < -0.3 is 15.5 Å². The minimum absolute atomic E-state index is 0.113. The number of imide groups is 1. The molecule has 3 amide bonds. The summed E-state index contributed by atoms with van der Waals surface area (Å²) < 4.78 is 0. The summed E-state index contributed by atoms with van der Waals surface area (Å²) in [6.45, 7) is 3.15. The maximum atomic E-state index is 11.5. The molecule has 0 unspecified atom stereocenters. The Bertz CT molecular complexity index is 456. The monoisotopic (exact) mass is 293 g/mol. The van der Waals surface area contributed by atoms with Crippen LogP contribution in [0.5, 0.6) is 0 Å². The lowest BCUT2D eigenvalue weighted by Crippen LogP contribution is -2.45. The third kappa shape index (κ3) is 2.69. The van der Waals surface area contributed by atoms with Crippen molar-refractivity contribution in [2.75, 3.05) is 39.8 Å². The van der Waals surface area contributed by atoms with Gasteiger partial charge in [0.05, 0.1) is 6.54 Å². The Morgan fingerprint density at radius 3 is 2.71 bits per heavy atom. The van der Waals surface area contributed by atoms with Crippen molar-refractivity contribution in [1.29, 1.82) is 0 Å².